The molecular weight excluding hydrogens is 236 g/mol. The quantitative estimate of drug-likeness (QED) is 0.575. The molecule has 90 valence electrons. The molecule has 0 fully saturated rings. The molecule has 0 N–H and O–H groups in total. The Kier molecular flexibility index (Phi) is 3.16. The van der Waals surface area contributed by atoms with Crippen LogP contribution in [-0.4, -0.2) is 0 Å². The molecule has 0 aliphatic rings. The first kappa shape index (κ1) is 11.5. The van der Waals surface area contributed by atoms with Crippen molar-refractivity contribution in [1.82, 2.24) is 0 Å². The van der Waals surface area contributed by atoms with Gasteiger partial charge in [0.25, 0.3) is 0 Å². The maximum absolute atomic E-state index is 2.31. The normalized spacial score (nSPS) is 10.9. The third-order valence-electron chi connectivity index (χ3n) is 3.23. The summed E-state index contributed by atoms with van der Waals surface area (Å²) in [6.45, 7) is 2.24. The number of rotatable bonds is 3. The molecule has 0 unspecified atom stereocenters. The first-order valence-corrected chi connectivity index (χ1v) is 7.27. The summed E-state index contributed by atoms with van der Waals surface area (Å²) >= 11 is 1.89. The number of hydrogen-bond acceptors (Lipinski definition) is 1. The van der Waals surface area contributed by atoms with Gasteiger partial charge in [-0.3, -0.25) is 0 Å². The van der Waals surface area contributed by atoms with Gasteiger partial charge in [-0.25, -0.2) is 0 Å². The lowest BCUT2D eigenvalue weighted by Gasteiger charge is -2.05. The summed E-state index contributed by atoms with van der Waals surface area (Å²) in [7, 11) is 0. The van der Waals surface area contributed by atoms with Crippen LogP contribution in [0.3, 0.4) is 0 Å². The standard InChI is InChI=1S/C17H16S/c1-2-7-13-8-3-5-10-15(13)17-12-14-9-4-6-11-16(14)18-17/h3-6,8-12H,2,7H2,1H3. The number of fused-ring (bicyclic) bond motifs is 1. The fraction of sp³-hybridized carbons (Fsp3) is 0.176. The Morgan fingerprint density at radius 3 is 2.56 bits per heavy atom. The van der Waals surface area contributed by atoms with Crippen molar-refractivity contribution in [2.75, 3.05) is 0 Å². The van der Waals surface area contributed by atoms with Crippen LogP contribution in [0.25, 0.3) is 20.5 Å². The molecule has 0 saturated carbocycles. The number of thiophene rings is 1. The molecular formula is C17H16S. The van der Waals surface area contributed by atoms with Gasteiger partial charge < -0.3 is 0 Å². The molecule has 0 spiro atoms. The van der Waals surface area contributed by atoms with E-state index in [1.54, 1.807) is 0 Å². The van der Waals surface area contributed by atoms with E-state index >= 15 is 0 Å². The Morgan fingerprint density at radius 1 is 0.944 bits per heavy atom. The highest BCUT2D eigenvalue weighted by molar-refractivity contribution is 7.22. The van der Waals surface area contributed by atoms with Crippen LogP contribution in [0.15, 0.2) is 54.6 Å². The molecule has 1 heteroatoms. The highest BCUT2D eigenvalue weighted by atomic mass is 32.1. The van der Waals surface area contributed by atoms with Crippen LogP contribution in [0.1, 0.15) is 18.9 Å². The van der Waals surface area contributed by atoms with Gasteiger partial charge in [0.2, 0.25) is 0 Å². The van der Waals surface area contributed by atoms with Crippen LogP contribution in [-0.2, 0) is 6.42 Å². The summed E-state index contributed by atoms with van der Waals surface area (Å²) in [5.41, 5.74) is 2.87. The van der Waals surface area contributed by atoms with Crippen LogP contribution < -0.4 is 0 Å². The minimum Gasteiger partial charge on any atom is -0.135 e. The lowest BCUT2D eigenvalue weighted by atomic mass is 10.0. The average Bonchev–Trinajstić information content (AvgIpc) is 2.83. The number of hydrogen-bond donors (Lipinski definition) is 0. The Bertz CT molecular complexity index is 631. The molecule has 3 aromatic rings. The summed E-state index contributed by atoms with van der Waals surface area (Å²) in [4.78, 5) is 1.39. The van der Waals surface area contributed by atoms with Gasteiger partial charge in [0.05, 0.1) is 0 Å². The second-order valence-corrected chi connectivity index (χ2v) is 5.64. The van der Waals surface area contributed by atoms with Crippen molar-refractivity contribution in [2.24, 2.45) is 0 Å². The molecule has 1 heterocycles. The minimum absolute atomic E-state index is 1.16. The monoisotopic (exact) mass is 252 g/mol. The molecule has 0 atom stereocenters. The largest absolute Gasteiger partial charge is 0.135 e. The van der Waals surface area contributed by atoms with E-state index in [0.29, 0.717) is 0 Å². The van der Waals surface area contributed by atoms with Gasteiger partial charge >= 0.3 is 0 Å². The van der Waals surface area contributed by atoms with E-state index in [9.17, 15) is 0 Å². The van der Waals surface area contributed by atoms with Crippen molar-refractivity contribution in [3.05, 3.63) is 60.2 Å². The fourth-order valence-electron chi connectivity index (χ4n) is 2.36. The van der Waals surface area contributed by atoms with Crippen LogP contribution in [0, 0.1) is 0 Å². The average molecular weight is 252 g/mol. The molecule has 0 aliphatic carbocycles. The Labute approximate surface area is 112 Å². The predicted octanol–water partition coefficient (Wildman–Crippen LogP) is 5.52. The van der Waals surface area contributed by atoms with Gasteiger partial charge in [0.1, 0.15) is 0 Å². The first-order chi connectivity index (χ1) is 8.88. The topological polar surface area (TPSA) is 0 Å². The number of benzene rings is 2. The van der Waals surface area contributed by atoms with Gasteiger partial charge in [-0.2, -0.15) is 0 Å². The fourth-order valence-corrected chi connectivity index (χ4v) is 3.49. The van der Waals surface area contributed by atoms with Crippen LogP contribution >= 0.6 is 11.3 Å². The highest BCUT2D eigenvalue weighted by Crippen LogP contribution is 2.35. The van der Waals surface area contributed by atoms with E-state index in [-0.39, 0.29) is 0 Å². The second kappa shape index (κ2) is 4.95. The molecule has 0 bridgehead atoms. The van der Waals surface area contributed by atoms with Gasteiger partial charge in [0.15, 0.2) is 0 Å². The Balaban J connectivity index is 2.13. The third-order valence-corrected chi connectivity index (χ3v) is 4.38. The summed E-state index contributed by atoms with van der Waals surface area (Å²) in [5, 5.41) is 1.35. The molecule has 0 saturated heterocycles. The van der Waals surface area contributed by atoms with E-state index in [2.05, 4.69) is 61.5 Å². The van der Waals surface area contributed by atoms with Crippen LogP contribution in [0.5, 0.6) is 0 Å². The summed E-state index contributed by atoms with van der Waals surface area (Å²) in [5.74, 6) is 0. The van der Waals surface area contributed by atoms with Crippen molar-refractivity contribution < 1.29 is 0 Å². The minimum atomic E-state index is 1.16. The zero-order chi connectivity index (χ0) is 12.4. The second-order valence-electron chi connectivity index (χ2n) is 4.56. The van der Waals surface area contributed by atoms with E-state index < -0.39 is 0 Å². The zero-order valence-corrected chi connectivity index (χ0v) is 11.3. The van der Waals surface area contributed by atoms with E-state index in [1.807, 2.05) is 11.3 Å². The van der Waals surface area contributed by atoms with Crippen molar-refractivity contribution in [2.45, 2.75) is 19.8 Å². The highest BCUT2D eigenvalue weighted by Gasteiger charge is 2.07. The van der Waals surface area contributed by atoms with E-state index in [0.717, 1.165) is 6.42 Å². The third kappa shape index (κ3) is 2.06. The molecule has 0 radical (unpaired) electrons. The van der Waals surface area contributed by atoms with Crippen molar-refractivity contribution in [3.8, 4) is 10.4 Å². The first-order valence-electron chi connectivity index (χ1n) is 6.45. The molecule has 1 aromatic heterocycles. The lowest BCUT2D eigenvalue weighted by Crippen LogP contribution is -1.86. The maximum Gasteiger partial charge on any atom is 0.0358 e. The maximum atomic E-state index is 2.31. The number of aryl methyl sites for hydroxylation is 1. The molecule has 0 aliphatic heterocycles. The summed E-state index contributed by atoms with van der Waals surface area (Å²) in [6, 6.07) is 19.7. The molecule has 3 rings (SSSR count). The lowest BCUT2D eigenvalue weighted by molar-refractivity contribution is 0.924. The van der Waals surface area contributed by atoms with Gasteiger partial charge in [0, 0.05) is 9.58 Å². The SMILES string of the molecule is CCCc1ccccc1-c1cc2ccccc2s1. The van der Waals surface area contributed by atoms with Gasteiger partial charge in [-0.05, 0) is 35.1 Å². The zero-order valence-electron chi connectivity index (χ0n) is 10.5. The van der Waals surface area contributed by atoms with Gasteiger partial charge in [-0.15, -0.1) is 11.3 Å². The molecule has 2 aromatic carbocycles. The Hall–Kier alpha value is -1.60. The van der Waals surface area contributed by atoms with Crippen LogP contribution in [0.2, 0.25) is 0 Å². The summed E-state index contributed by atoms with van der Waals surface area (Å²) < 4.78 is 1.37. The van der Waals surface area contributed by atoms with E-state index in [1.165, 1.54) is 32.5 Å². The molecule has 0 nitrogen and oxygen atoms in total. The summed E-state index contributed by atoms with van der Waals surface area (Å²) in [6.07, 6.45) is 2.35. The van der Waals surface area contributed by atoms with Gasteiger partial charge in [-0.1, -0.05) is 55.8 Å². The van der Waals surface area contributed by atoms with Crippen molar-refractivity contribution in [1.29, 1.82) is 0 Å². The Morgan fingerprint density at radius 2 is 1.72 bits per heavy atom. The predicted molar refractivity (Wildman–Crippen MR) is 81.3 cm³/mol. The van der Waals surface area contributed by atoms with Crippen LogP contribution in [0.4, 0.5) is 0 Å². The smallest absolute Gasteiger partial charge is 0.0358 e. The van der Waals surface area contributed by atoms with Crippen molar-refractivity contribution in [3.63, 3.8) is 0 Å². The van der Waals surface area contributed by atoms with Crippen molar-refractivity contribution >= 4 is 21.4 Å². The van der Waals surface area contributed by atoms with E-state index in [4.69, 9.17) is 0 Å². The molecule has 0 amide bonds. The molecule has 18 heavy (non-hydrogen) atoms.